The highest BCUT2D eigenvalue weighted by Gasteiger charge is 2.39. The summed E-state index contributed by atoms with van der Waals surface area (Å²) in [6.45, 7) is 4.65. The van der Waals surface area contributed by atoms with Gasteiger partial charge in [-0.25, -0.2) is 0 Å². The van der Waals surface area contributed by atoms with Gasteiger partial charge in [-0.1, -0.05) is 19.9 Å². The second kappa shape index (κ2) is 4.20. The van der Waals surface area contributed by atoms with Crippen LogP contribution in [0.15, 0.2) is 22.7 Å². The van der Waals surface area contributed by atoms with Gasteiger partial charge >= 0.3 is 0 Å². The minimum Gasteiger partial charge on any atom is -0.485 e. The highest BCUT2D eigenvalue weighted by atomic mass is 79.9. The molecule has 1 aliphatic heterocycles. The van der Waals surface area contributed by atoms with E-state index in [9.17, 15) is 0 Å². The van der Waals surface area contributed by atoms with Crippen molar-refractivity contribution in [3.63, 3.8) is 0 Å². The molecule has 92 valence electrons. The quantitative estimate of drug-likeness (QED) is 0.779. The predicted molar refractivity (Wildman–Crippen MR) is 73.5 cm³/mol. The Balaban J connectivity index is 1.94. The van der Waals surface area contributed by atoms with Crippen molar-refractivity contribution in [2.45, 2.75) is 38.8 Å². The Morgan fingerprint density at radius 1 is 1.29 bits per heavy atom. The summed E-state index contributed by atoms with van der Waals surface area (Å²) in [5, 5.41) is 3.66. The summed E-state index contributed by atoms with van der Waals surface area (Å²) in [6, 6.07) is 6.65. The molecule has 0 saturated heterocycles. The average molecular weight is 296 g/mol. The second-order valence-corrected chi connectivity index (χ2v) is 6.35. The van der Waals surface area contributed by atoms with Gasteiger partial charge < -0.3 is 10.1 Å². The molecule has 2 nitrogen and oxygen atoms in total. The minimum atomic E-state index is 0.319. The summed E-state index contributed by atoms with van der Waals surface area (Å²) in [5.74, 6) is 2.42. The number of hydrogen-bond donors (Lipinski definition) is 1. The van der Waals surface area contributed by atoms with Crippen LogP contribution >= 0.6 is 15.9 Å². The van der Waals surface area contributed by atoms with Gasteiger partial charge in [-0.3, -0.25) is 0 Å². The van der Waals surface area contributed by atoms with Gasteiger partial charge in [0.2, 0.25) is 0 Å². The highest BCUT2D eigenvalue weighted by Crippen LogP contribution is 2.43. The van der Waals surface area contributed by atoms with Crippen LogP contribution in [0.4, 0.5) is 5.69 Å². The topological polar surface area (TPSA) is 21.3 Å². The molecule has 1 aromatic carbocycles. The maximum Gasteiger partial charge on any atom is 0.157 e. The molecule has 0 bridgehead atoms. The third kappa shape index (κ3) is 1.95. The number of benzene rings is 1. The van der Waals surface area contributed by atoms with Crippen LogP contribution in [0.3, 0.4) is 0 Å². The van der Waals surface area contributed by atoms with Crippen molar-refractivity contribution in [1.82, 2.24) is 0 Å². The molecule has 0 amide bonds. The minimum absolute atomic E-state index is 0.319. The molecule has 0 spiro atoms. The Kier molecular flexibility index (Phi) is 2.81. The van der Waals surface area contributed by atoms with E-state index in [1.165, 1.54) is 6.42 Å². The van der Waals surface area contributed by atoms with Crippen LogP contribution in [0.1, 0.15) is 26.7 Å². The van der Waals surface area contributed by atoms with Crippen molar-refractivity contribution < 1.29 is 4.74 Å². The Hall–Kier alpha value is -0.700. The zero-order valence-electron chi connectivity index (χ0n) is 10.2. The van der Waals surface area contributed by atoms with Crippen molar-refractivity contribution in [3.8, 4) is 5.75 Å². The van der Waals surface area contributed by atoms with Crippen LogP contribution in [0.5, 0.6) is 5.75 Å². The SMILES string of the molecule is CC1CC(C)C2Nc3cccc(Br)c3OC2C1. The molecular weight excluding hydrogens is 278 g/mol. The van der Waals surface area contributed by atoms with E-state index in [0.717, 1.165) is 28.2 Å². The summed E-state index contributed by atoms with van der Waals surface area (Å²) in [5.41, 5.74) is 1.13. The number of halogens is 1. The molecule has 1 aliphatic carbocycles. The van der Waals surface area contributed by atoms with E-state index in [2.05, 4.69) is 47.2 Å². The first kappa shape index (κ1) is 11.4. The van der Waals surface area contributed by atoms with Crippen molar-refractivity contribution in [2.75, 3.05) is 5.32 Å². The summed E-state index contributed by atoms with van der Waals surface area (Å²) in [6.07, 6.45) is 2.77. The van der Waals surface area contributed by atoms with Gasteiger partial charge in [0.15, 0.2) is 5.75 Å². The first-order valence-corrected chi connectivity index (χ1v) is 7.16. The molecule has 0 radical (unpaired) electrons. The normalized spacial score (nSPS) is 35.2. The molecule has 1 saturated carbocycles. The van der Waals surface area contributed by atoms with Gasteiger partial charge in [0, 0.05) is 0 Å². The Labute approximate surface area is 111 Å². The van der Waals surface area contributed by atoms with Crippen LogP contribution in [-0.2, 0) is 0 Å². The molecule has 0 aromatic heterocycles. The summed E-state index contributed by atoms with van der Waals surface area (Å²) in [7, 11) is 0. The molecule has 17 heavy (non-hydrogen) atoms. The fourth-order valence-corrected chi connectivity index (χ4v) is 3.68. The smallest absolute Gasteiger partial charge is 0.157 e. The standard InChI is InChI=1S/C14H18BrNO/c1-8-6-9(2)13-12(7-8)17-14-10(15)4-3-5-11(14)16-13/h3-5,8-9,12-13,16H,6-7H2,1-2H3. The summed E-state index contributed by atoms with van der Waals surface area (Å²) < 4.78 is 7.25. The number of nitrogens with one attached hydrogen (secondary N) is 1. The lowest BCUT2D eigenvalue weighted by Gasteiger charge is -2.44. The maximum absolute atomic E-state index is 6.20. The number of para-hydroxylation sites is 1. The third-order valence-electron chi connectivity index (χ3n) is 3.98. The molecular formula is C14H18BrNO. The highest BCUT2D eigenvalue weighted by molar-refractivity contribution is 9.10. The number of hydrogen-bond acceptors (Lipinski definition) is 2. The molecule has 1 heterocycles. The molecule has 1 fully saturated rings. The first-order chi connectivity index (χ1) is 8.15. The largest absolute Gasteiger partial charge is 0.485 e. The second-order valence-electron chi connectivity index (χ2n) is 5.50. The average Bonchev–Trinajstić information content (AvgIpc) is 2.28. The maximum atomic E-state index is 6.20. The van der Waals surface area contributed by atoms with E-state index in [1.54, 1.807) is 0 Å². The monoisotopic (exact) mass is 295 g/mol. The Morgan fingerprint density at radius 3 is 2.94 bits per heavy atom. The number of ether oxygens (including phenoxy) is 1. The molecule has 3 heteroatoms. The van der Waals surface area contributed by atoms with Gasteiger partial charge in [-0.05, 0) is 52.7 Å². The lowest BCUT2D eigenvalue weighted by Crippen LogP contribution is -2.49. The van der Waals surface area contributed by atoms with E-state index in [4.69, 9.17) is 4.74 Å². The summed E-state index contributed by atoms with van der Waals surface area (Å²) in [4.78, 5) is 0. The predicted octanol–water partition coefficient (Wildman–Crippen LogP) is 4.06. The fraction of sp³-hybridized carbons (Fsp3) is 0.571. The summed E-state index contributed by atoms with van der Waals surface area (Å²) >= 11 is 3.56. The molecule has 2 aliphatic rings. The molecule has 1 N–H and O–H groups in total. The van der Waals surface area contributed by atoms with Crippen molar-refractivity contribution in [3.05, 3.63) is 22.7 Å². The molecule has 3 rings (SSSR count). The Morgan fingerprint density at radius 2 is 2.12 bits per heavy atom. The lowest BCUT2D eigenvalue weighted by molar-refractivity contribution is 0.0769. The van der Waals surface area contributed by atoms with Crippen LogP contribution in [0.2, 0.25) is 0 Å². The fourth-order valence-electron chi connectivity index (χ4n) is 3.22. The number of fused-ring (bicyclic) bond motifs is 2. The van der Waals surface area contributed by atoms with Gasteiger partial charge in [-0.2, -0.15) is 0 Å². The van der Waals surface area contributed by atoms with Crippen molar-refractivity contribution in [2.24, 2.45) is 11.8 Å². The van der Waals surface area contributed by atoms with Crippen LogP contribution in [-0.4, -0.2) is 12.1 Å². The molecule has 4 atom stereocenters. The molecule has 1 aromatic rings. The van der Waals surface area contributed by atoms with Crippen molar-refractivity contribution in [1.29, 1.82) is 0 Å². The van der Waals surface area contributed by atoms with Gasteiger partial charge in [0.25, 0.3) is 0 Å². The van der Waals surface area contributed by atoms with Gasteiger partial charge in [-0.15, -0.1) is 0 Å². The van der Waals surface area contributed by atoms with Gasteiger partial charge in [0.1, 0.15) is 6.10 Å². The van der Waals surface area contributed by atoms with E-state index in [-0.39, 0.29) is 0 Å². The van der Waals surface area contributed by atoms with Crippen molar-refractivity contribution >= 4 is 21.6 Å². The lowest BCUT2D eigenvalue weighted by atomic mass is 9.77. The zero-order valence-corrected chi connectivity index (χ0v) is 11.8. The van der Waals surface area contributed by atoms with E-state index < -0.39 is 0 Å². The van der Waals surface area contributed by atoms with Crippen LogP contribution < -0.4 is 10.1 Å². The van der Waals surface area contributed by atoms with Crippen LogP contribution in [0.25, 0.3) is 0 Å². The molecule has 4 unspecified atom stereocenters. The number of rotatable bonds is 0. The Bertz CT molecular complexity index is 434. The van der Waals surface area contributed by atoms with E-state index >= 15 is 0 Å². The zero-order chi connectivity index (χ0) is 12.0. The number of anilines is 1. The third-order valence-corrected chi connectivity index (χ3v) is 4.61. The first-order valence-electron chi connectivity index (χ1n) is 6.37. The van der Waals surface area contributed by atoms with Crippen LogP contribution in [0, 0.1) is 11.8 Å². The van der Waals surface area contributed by atoms with E-state index in [0.29, 0.717) is 18.1 Å². The van der Waals surface area contributed by atoms with Gasteiger partial charge in [0.05, 0.1) is 16.2 Å². The van der Waals surface area contributed by atoms with E-state index in [1.807, 2.05) is 6.07 Å².